The van der Waals surface area contributed by atoms with Crippen molar-refractivity contribution in [2.45, 2.75) is 57.5 Å². The van der Waals surface area contributed by atoms with E-state index >= 15 is 0 Å². The van der Waals surface area contributed by atoms with E-state index in [1.54, 1.807) is 6.07 Å². The molecule has 1 aromatic carbocycles. The molecule has 0 bridgehead atoms. The fourth-order valence-electron chi connectivity index (χ4n) is 2.48. The second kappa shape index (κ2) is 9.10. The number of hydrogen-bond acceptors (Lipinski definition) is 6. The van der Waals surface area contributed by atoms with Crippen molar-refractivity contribution in [3.05, 3.63) is 34.9 Å². The molecule has 0 radical (unpaired) electrons. The van der Waals surface area contributed by atoms with Crippen LogP contribution in [0.1, 0.15) is 30.5 Å². The summed E-state index contributed by atoms with van der Waals surface area (Å²) in [7, 11) is 0. The third-order valence-electron chi connectivity index (χ3n) is 4.00. The van der Waals surface area contributed by atoms with E-state index in [2.05, 4.69) is 0 Å². The molecule has 130 valence electrons. The molecule has 0 heterocycles. The lowest BCUT2D eigenvalue weighted by molar-refractivity contribution is -0.146. The van der Waals surface area contributed by atoms with Crippen LogP contribution >= 0.6 is 0 Å². The molecule has 0 amide bonds. The van der Waals surface area contributed by atoms with Crippen LogP contribution in [0.3, 0.4) is 0 Å². The quantitative estimate of drug-likeness (QED) is 0.412. The summed E-state index contributed by atoms with van der Waals surface area (Å²) in [5.74, 6) is -0.659. The highest BCUT2D eigenvalue weighted by atomic mass is 16.4. The van der Waals surface area contributed by atoms with E-state index in [4.69, 9.17) is 5.11 Å². The zero-order valence-electron chi connectivity index (χ0n) is 13.5. The van der Waals surface area contributed by atoms with Gasteiger partial charge in [0.1, 0.15) is 24.4 Å². The summed E-state index contributed by atoms with van der Waals surface area (Å²) < 4.78 is 0. The van der Waals surface area contributed by atoms with E-state index in [9.17, 15) is 25.2 Å². The fourth-order valence-corrected chi connectivity index (χ4v) is 2.48. The van der Waals surface area contributed by atoms with Gasteiger partial charge in [-0.2, -0.15) is 0 Å². The maximum atomic E-state index is 12.1. The molecule has 0 aliphatic carbocycles. The molecule has 0 saturated heterocycles. The van der Waals surface area contributed by atoms with Crippen LogP contribution in [0.5, 0.6) is 0 Å². The number of aliphatic hydroxyl groups is 5. The number of ketones is 1. The van der Waals surface area contributed by atoms with Crippen molar-refractivity contribution < 1.29 is 30.3 Å². The summed E-state index contributed by atoms with van der Waals surface area (Å²) in [6, 6.07) is 5.64. The fraction of sp³-hybridized carbons (Fsp3) is 0.588. The number of rotatable bonds is 9. The van der Waals surface area contributed by atoms with Crippen molar-refractivity contribution in [3.8, 4) is 0 Å². The second-order valence-electron chi connectivity index (χ2n) is 5.63. The van der Waals surface area contributed by atoms with Crippen molar-refractivity contribution in [1.29, 1.82) is 0 Å². The lowest BCUT2D eigenvalue weighted by Crippen LogP contribution is -2.49. The van der Waals surface area contributed by atoms with Crippen molar-refractivity contribution in [3.63, 3.8) is 0 Å². The Morgan fingerprint density at radius 2 is 1.61 bits per heavy atom. The normalized spacial score (nSPS) is 16.7. The van der Waals surface area contributed by atoms with Crippen LogP contribution < -0.4 is 0 Å². The Kier molecular flexibility index (Phi) is 7.81. The van der Waals surface area contributed by atoms with Crippen LogP contribution in [0, 0.1) is 0 Å². The van der Waals surface area contributed by atoms with Crippen LogP contribution in [0.4, 0.5) is 0 Å². The van der Waals surface area contributed by atoms with Gasteiger partial charge in [0.15, 0.2) is 5.78 Å². The van der Waals surface area contributed by atoms with Gasteiger partial charge in [-0.3, -0.25) is 4.79 Å². The average molecular weight is 326 g/mol. The summed E-state index contributed by atoms with van der Waals surface area (Å²) in [5, 5.41) is 47.1. The van der Waals surface area contributed by atoms with Gasteiger partial charge in [0.05, 0.1) is 6.61 Å². The van der Waals surface area contributed by atoms with E-state index in [-0.39, 0.29) is 6.42 Å². The van der Waals surface area contributed by atoms with Crippen molar-refractivity contribution in [2.75, 3.05) is 6.61 Å². The minimum absolute atomic E-state index is 0.0861. The summed E-state index contributed by atoms with van der Waals surface area (Å²) in [5.41, 5.74) is 3.04. The molecule has 1 rings (SSSR count). The van der Waals surface area contributed by atoms with Gasteiger partial charge in [-0.25, -0.2) is 0 Å². The van der Waals surface area contributed by atoms with Crippen LogP contribution in [-0.4, -0.2) is 62.3 Å². The molecule has 4 atom stereocenters. The molecule has 0 spiro atoms. The Bertz CT molecular complexity index is 516. The van der Waals surface area contributed by atoms with E-state index < -0.39 is 36.8 Å². The maximum absolute atomic E-state index is 12.1. The molecule has 0 aromatic heterocycles. The molecule has 0 fully saturated rings. The molecule has 23 heavy (non-hydrogen) atoms. The molecular formula is C17H26O6. The first-order chi connectivity index (χ1) is 10.8. The maximum Gasteiger partial charge on any atom is 0.168 e. The third-order valence-corrected chi connectivity index (χ3v) is 4.00. The zero-order chi connectivity index (χ0) is 17.6. The summed E-state index contributed by atoms with van der Waals surface area (Å²) in [6.07, 6.45) is -5.47. The van der Waals surface area contributed by atoms with Gasteiger partial charge in [0.2, 0.25) is 0 Å². The Labute approximate surface area is 136 Å². The lowest BCUT2D eigenvalue weighted by atomic mass is 9.94. The van der Waals surface area contributed by atoms with Crippen molar-refractivity contribution >= 4 is 5.78 Å². The van der Waals surface area contributed by atoms with Gasteiger partial charge in [-0.15, -0.1) is 0 Å². The minimum Gasteiger partial charge on any atom is -0.394 e. The standard InChI is InChI=1S/C17H26O6/c1-3-11-6-5-10(7-12(11)4-2)8-13(19)15(21)17(23)16(22)14(20)9-18/h5-7,14-18,20-23H,3-4,8-9H2,1-2H3/t14-,15+,16-,17-/m1/s1. The Balaban J connectivity index is 2.78. The molecule has 0 unspecified atom stereocenters. The van der Waals surface area contributed by atoms with Crippen LogP contribution in [0.15, 0.2) is 18.2 Å². The van der Waals surface area contributed by atoms with Gasteiger partial charge in [-0.05, 0) is 29.5 Å². The first-order valence-corrected chi connectivity index (χ1v) is 7.82. The smallest absolute Gasteiger partial charge is 0.168 e. The Morgan fingerprint density at radius 1 is 1.00 bits per heavy atom. The van der Waals surface area contributed by atoms with E-state index in [0.717, 1.165) is 18.4 Å². The van der Waals surface area contributed by atoms with Gasteiger partial charge in [0, 0.05) is 6.42 Å². The largest absolute Gasteiger partial charge is 0.394 e. The Hall–Kier alpha value is -1.31. The number of aliphatic hydroxyl groups excluding tert-OH is 5. The molecule has 0 aliphatic rings. The van der Waals surface area contributed by atoms with Crippen molar-refractivity contribution in [2.24, 2.45) is 0 Å². The van der Waals surface area contributed by atoms with Crippen molar-refractivity contribution in [1.82, 2.24) is 0 Å². The number of aryl methyl sites for hydroxylation is 2. The Morgan fingerprint density at radius 3 is 2.13 bits per heavy atom. The first-order valence-electron chi connectivity index (χ1n) is 7.82. The number of hydrogen-bond donors (Lipinski definition) is 5. The molecular weight excluding hydrogens is 300 g/mol. The summed E-state index contributed by atoms with van der Waals surface area (Å²) >= 11 is 0. The zero-order valence-corrected chi connectivity index (χ0v) is 13.5. The van der Waals surface area contributed by atoms with Crippen LogP contribution in [-0.2, 0) is 24.1 Å². The predicted octanol–water partition coefficient (Wildman–Crippen LogP) is -0.641. The highest BCUT2D eigenvalue weighted by molar-refractivity contribution is 5.85. The minimum atomic E-state index is -1.86. The number of carbonyl (C=O) groups excluding carboxylic acids is 1. The van der Waals surface area contributed by atoms with E-state index in [1.165, 1.54) is 5.56 Å². The number of Topliss-reactive ketones (excluding diaryl/α,β-unsaturated/α-hetero) is 1. The van der Waals surface area contributed by atoms with Gasteiger partial charge >= 0.3 is 0 Å². The molecule has 6 heteroatoms. The van der Waals surface area contributed by atoms with Gasteiger partial charge in [-0.1, -0.05) is 32.0 Å². The second-order valence-corrected chi connectivity index (χ2v) is 5.63. The lowest BCUT2D eigenvalue weighted by Gasteiger charge is -2.24. The van der Waals surface area contributed by atoms with Crippen LogP contribution in [0.2, 0.25) is 0 Å². The molecule has 0 aliphatic heterocycles. The number of benzene rings is 1. The SMILES string of the molecule is CCc1ccc(CC(=O)[C@H](O)[C@@H](O)[C@H](O)[C@H](O)CO)cc1CC. The number of carbonyl (C=O) groups is 1. The third kappa shape index (κ3) is 5.09. The molecule has 1 aromatic rings. The topological polar surface area (TPSA) is 118 Å². The highest BCUT2D eigenvalue weighted by Gasteiger charge is 2.33. The van der Waals surface area contributed by atoms with Crippen LogP contribution in [0.25, 0.3) is 0 Å². The summed E-state index contributed by atoms with van der Waals surface area (Å²) in [4.78, 5) is 12.1. The van der Waals surface area contributed by atoms with E-state index in [1.807, 2.05) is 26.0 Å². The monoisotopic (exact) mass is 326 g/mol. The predicted molar refractivity (Wildman–Crippen MR) is 85.0 cm³/mol. The molecule has 6 nitrogen and oxygen atoms in total. The average Bonchev–Trinajstić information content (AvgIpc) is 2.58. The molecule has 0 saturated carbocycles. The highest BCUT2D eigenvalue weighted by Crippen LogP contribution is 2.16. The van der Waals surface area contributed by atoms with Gasteiger partial charge < -0.3 is 25.5 Å². The first kappa shape index (κ1) is 19.7. The van der Waals surface area contributed by atoms with Gasteiger partial charge in [0.25, 0.3) is 0 Å². The molecule has 5 N–H and O–H groups in total. The van der Waals surface area contributed by atoms with E-state index in [0.29, 0.717) is 5.56 Å². The summed E-state index contributed by atoms with van der Waals surface area (Å²) in [6.45, 7) is 3.29.